The van der Waals surface area contributed by atoms with Crippen LogP contribution in [0.3, 0.4) is 0 Å². The van der Waals surface area contributed by atoms with Crippen molar-refractivity contribution in [1.29, 1.82) is 0 Å². The molecule has 3 heteroatoms. The molecule has 98 valence electrons. The molecule has 0 saturated carbocycles. The minimum absolute atomic E-state index is 0.283. The predicted octanol–water partition coefficient (Wildman–Crippen LogP) is 3.71. The van der Waals surface area contributed by atoms with Gasteiger partial charge in [-0.2, -0.15) is 0 Å². The number of carbonyl (C=O) groups excluding carboxylic acids is 1. The number of carbonyl (C=O) groups is 1. The summed E-state index contributed by atoms with van der Waals surface area (Å²) in [7, 11) is 0. The number of pyridine rings is 1. The first kappa shape index (κ1) is 13.3. The van der Waals surface area contributed by atoms with Crippen LogP contribution >= 0.6 is 0 Å². The van der Waals surface area contributed by atoms with Crippen molar-refractivity contribution >= 4 is 5.97 Å². The lowest BCUT2D eigenvalue weighted by atomic mass is 10.0. The molecule has 0 aliphatic rings. The molecule has 0 radical (unpaired) electrons. The van der Waals surface area contributed by atoms with E-state index < -0.39 is 0 Å². The summed E-state index contributed by atoms with van der Waals surface area (Å²) < 4.78 is 5.26. The van der Waals surface area contributed by atoms with E-state index in [4.69, 9.17) is 4.74 Å². The Hall–Kier alpha value is -2.16. The fourth-order valence-electron chi connectivity index (χ4n) is 1.79. The molecule has 0 aliphatic heterocycles. The van der Waals surface area contributed by atoms with Gasteiger partial charge in [0.1, 0.15) is 0 Å². The van der Waals surface area contributed by atoms with Crippen molar-refractivity contribution in [1.82, 2.24) is 4.98 Å². The molecule has 1 aromatic carbocycles. The van der Waals surface area contributed by atoms with Crippen LogP contribution in [0.15, 0.2) is 48.7 Å². The largest absolute Gasteiger partial charge is 0.462 e. The van der Waals surface area contributed by atoms with E-state index in [1.807, 2.05) is 36.4 Å². The van der Waals surface area contributed by atoms with Crippen LogP contribution in [-0.2, 0) is 4.74 Å². The summed E-state index contributed by atoms with van der Waals surface area (Å²) in [4.78, 5) is 16.3. The molecule has 2 rings (SSSR count). The molecule has 0 aliphatic carbocycles. The second-order valence-corrected chi connectivity index (χ2v) is 4.25. The van der Waals surface area contributed by atoms with Gasteiger partial charge < -0.3 is 4.74 Å². The van der Waals surface area contributed by atoms with Gasteiger partial charge in [-0.05, 0) is 24.6 Å². The van der Waals surface area contributed by atoms with E-state index in [0.29, 0.717) is 12.2 Å². The number of aromatic nitrogens is 1. The van der Waals surface area contributed by atoms with Crippen LogP contribution in [0.4, 0.5) is 0 Å². The Morgan fingerprint density at radius 3 is 2.68 bits per heavy atom. The summed E-state index contributed by atoms with van der Waals surface area (Å²) in [6.45, 7) is 2.53. The standard InChI is InChI=1S/C16H17NO2/c1-2-3-12-19-16(18)14-9-5-4-8-13(14)15-10-6-7-11-17-15/h4-11H,2-3,12H2,1H3. The summed E-state index contributed by atoms with van der Waals surface area (Å²) in [5, 5.41) is 0. The maximum Gasteiger partial charge on any atom is 0.338 e. The molecular formula is C16H17NO2. The fraction of sp³-hybridized carbons (Fsp3) is 0.250. The first-order valence-electron chi connectivity index (χ1n) is 6.50. The van der Waals surface area contributed by atoms with Crippen molar-refractivity contribution in [2.24, 2.45) is 0 Å². The second-order valence-electron chi connectivity index (χ2n) is 4.25. The van der Waals surface area contributed by atoms with Crippen LogP contribution in [0.1, 0.15) is 30.1 Å². The average molecular weight is 255 g/mol. The van der Waals surface area contributed by atoms with Gasteiger partial charge in [-0.1, -0.05) is 37.6 Å². The van der Waals surface area contributed by atoms with Gasteiger partial charge in [-0.15, -0.1) is 0 Å². The van der Waals surface area contributed by atoms with Gasteiger partial charge in [0.2, 0.25) is 0 Å². The first-order chi connectivity index (χ1) is 9.33. The lowest BCUT2D eigenvalue weighted by Gasteiger charge is -2.08. The van der Waals surface area contributed by atoms with E-state index in [1.54, 1.807) is 12.3 Å². The Balaban J connectivity index is 2.24. The zero-order chi connectivity index (χ0) is 13.5. The molecule has 0 spiro atoms. The zero-order valence-corrected chi connectivity index (χ0v) is 11.0. The number of nitrogens with zero attached hydrogens (tertiary/aromatic N) is 1. The van der Waals surface area contributed by atoms with Crippen LogP contribution in [0.2, 0.25) is 0 Å². The molecule has 0 amide bonds. The molecule has 1 heterocycles. The van der Waals surface area contributed by atoms with Gasteiger partial charge in [0.25, 0.3) is 0 Å². The second kappa shape index (κ2) is 6.69. The zero-order valence-electron chi connectivity index (χ0n) is 11.0. The third kappa shape index (κ3) is 3.41. The summed E-state index contributed by atoms with van der Waals surface area (Å²) in [5.41, 5.74) is 2.16. The van der Waals surface area contributed by atoms with E-state index in [1.165, 1.54) is 0 Å². The van der Waals surface area contributed by atoms with Gasteiger partial charge in [0, 0.05) is 11.8 Å². The number of esters is 1. The van der Waals surface area contributed by atoms with Gasteiger partial charge in [0.15, 0.2) is 0 Å². The van der Waals surface area contributed by atoms with Gasteiger partial charge in [-0.25, -0.2) is 4.79 Å². The topological polar surface area (TPSA) is 39.2 Å². The predicted molar refractivity (Wildman–Crippen MR) is 74.9 cm³/mol. The van der Waals surface area contributed by atoms with Gasteiger partial charge in [0.05, 0.1) is 17.9 Å². The monoisotopic (exact) mass is 255 g/mol. The smallest absolute Gasteiger partial charge is 0.338 e. The maximum atomic E-state index is 12.1. The molecule has 0 unspecified atom stereocenters. The number of rotatable bonds is 5. The molecule has 2 aromatic rings. The molecule has 3 nitrogen and oxygen atoms in total. The number of ether oxygens (including phenoxy) is 1. The highest BCUT2D eigenvalue weighted by Gasteiger charge is 2.13. The van der Waals surface area contributed by atoms with E-state index in [0.717, 1.165) is 24.1 Å². The first-order valence-corrected chi connectivity index (χ1v) is 6.50. The molecule has 0 bridgehead atoms. The van der Waals surface area contributed by atoms with Crippen molar-refractivity contribution in [3.05, 3.63) is 54.2 Å². The van der Waals surface area contributed by atoms with Crippen molar-refractivity contribution in [3.8, 4) is 11.3 Å². The number of hydrogen-bond acceptors (Lipinski definition) is 3. The third-order valence-corrected chi connectivity index (χ3v) is 2.82. The van der Waals surface area contributed by atoms with Crippen LogP contribution in [0.25, 0.3) is 11.3 Å². The van der Waals surface area contributed by atoms with E-state index in [2.05, 4.69) is 11.9 Å². The Morgan fingerprint density at radius 1 is 1.16 bits per heavy atom. The normalized spacial score (nSPS) is 10.2. The quantitative estimate of drug-likeness (QED) is 0.604. The van der Waals surface area contributed by atoms with Crippen LogP contribution in [-0.4, -0.2) is 17.6 Å². The summed E-state index contributed by atoms with van der Waals surface area (Å²) in [5.74, 6) is -0.283. The molecule has 0 fully saturated rings. The minimum atomic E-state index is -0.283. The van der Waals surface area contributed by atoms with E-state index in [9.17, 15) is 4.79 Å². The number of unbranched alkanes of at least 4 members (excludes halogenated alkanes) is 1. The lowest BCUT2D eigenvalue weighted by molar-refractivity contribution is 0.0500. The molecule has 0 atom stereocenters. The van der Waals surface area contributed by atoms with Gasteiger partial charge in [-0.3, -0.25) is 4.98 Å². The minimum Gasteiger partial charge on any atom is -0.462 e. The average Bonchev–Trinajstić information content (AvgIpc) is 2.48. The Labute approximate surface area is 113 Å². The third-order valence-electron chi connectivity index (χ3n) is 2.82. The van der Waals surface area contributed by atoms with Crippen molar-refractivity contribution in [3.63, 3.8) is 0 Å². The number of hydrogen-bond donors (Lipinski definition) is 0. The van der Waals surface area contributed by atoms with Gasteiger partial charge >= 0.3 is 5.97 Å². The molecule has 0 N–H and O–H groups in total. The SMILES string of the molecule is CCCCOC(=O)c1ccccc1-c1ccccn1. The lowest BCUT2D eigenvalue weighted by Crippen LogP contribution is -2.08. The molecular weight excluding hydrogens is 238 g/mol. The van der Waals surface area contributed by atoms with Crippen LogP contribution in [0.5, 0.6) is 0 Å². The van der Waals surface area contributed by atoms with E-state index in [-0.39, 0.29) is 5.97 Å². The molecule has 0 saturated heterocycles. The fourth-order valence-corrected chi connectivity index (χ4v) is 1.79. The highest BCUT2D eigenvalue weighted by atomic mass is 16.5. The maximum absolute atomic E-state index is 12.1. The summed E-state index contributed by atoms with van der Waals surface area (Å²) in [6, 6.07) is 13.0. The van der Waals surface area contributed by atoms with E-state index >= 15 is 0 Å². The Bertz CT molecular complexity index is 537. The Kier molecular flexibility index (Phi) is 4.67. The summed E-state index contributed by atoms with van der Waals surface area (Å²) in [6.07, 6.45) is 3.61. The number of benzene rings is 1. The van der Waals surface area contributed by atoms with Crippen molar-refractivity contribution in [2.45, 2.75) is 19.8 Å². The molecule has 1 aromatic heterocycles. The van der Waals surface area contributed by atoms with Crippen LogP contribution in [0, 0.1) is 0 Å². The van der Waals surface area contributed by atoms with Crippen LogP contribution < -0.4 is 0 Å². The highest BCUT2D eigenvalue weighted by molar-refractivity contribution is 5.96. The van der Waals surface area contributed by atoms with Crippen molar-refractivity contribution in [2.75, 3.05) is 6.61 Å². The highest BCUT2D eigenvalue weighted by Crippen LogP contribution is 2.22. The van der Waals surface area contributed by atoms with Crippen molar-refractivity contribution < 1.29 is 9.53 Å². The Morgan fingerprint density at radius 2 is 1.95 bits per heavy atom. The summed E-state index contributed by atoms with van der Waals surface area (Å²) >= 11 is 0. The molecule has 19 heavy (non-hydrogen) atoms.